The predicted octanol–water partition coefficient (Wildman–Crippen LogP) is 1.93. The second-order valence-corrected chi connectivity index (χ2v) is 4.79. The number of halogens is 1. The van der Waals surface area contributed by atoms with Crippen molar-refractivity contribution in [2.24, 2.45) is 0 Å². The van der Waals surface area contributed by atoms with Crippen LogP contribution in [0.3, 0.4) is 0 Å². The zero-order valence-corrected chi connectivity index (χ0v) is 10.9. The maximum absolute atomic E-state index is 13.3. The summed E-state index contributed by atoms with van der Waals surface area (Å²) in [5, 5.41) is 10.8. The molecule has 0 atom stereocenters. The molecule has 0 amide bonds. The Morgan fingerprint density at radius 1 is 1.26 bits per heavy atom. The smallest absolute Gasteiger partial charge is 0.154 e. The molecule has 2 N–H and O–H groups in total. The Hall–Kier alpha value is -1.88. The number of nitrogens with one attached hydrogen (secondary N) is 2. The van der Waals surface area contributed by atoms with Crippen molar-refractivity contribution in [2.75, 3.05) is 31.1 Å². The molecule has 1 saturated heterocycles. The molecule has 3 rings (SSSR count). The van der Waals surface area contributed by atoms with Crippen LogP contribution in [0.5, 0.6) is 0 Å². The van der Waals surface area contributed by atoms with Crippen molar-refractivity contribution in [2.45, 2.75) is 6.92 Å². The lowest BCUT2D eigenvalue weighted by molar-refractivity contribution is 0.584. The highest BCUT2D eigenvalue weighted by atomic mass is 19.1. The minimum absolute atomic E-state index is 0.227. The van der Waals surface area contributed by atoms with Crippen LogP contribution < -0.4 is 10.2 Å². The summed E-state index contributed by atoms with van der Waals surface area (Å²) < 4.78 is 13.3. The van der Waals surface area contributed by atoms with Crippen LogP contribution in [0, 0.1) is 12.7 Å². The molecule has 0 aliphatic carbocycles. The Kier molecular flexibility index (Phi) is 3.21. The lowest BCUT2D eigenvalue weighted by atomic mass is 10.1. The van der Waals surface area contributed by atoms with Crippen LogP contribution in [0.4, 0.5) is 10.2 Å². The number of benzene rings is 1. The van der Waals surface area contributed by atoms with Gasteiger partial charge in [-0.05, 0) is 19.1 Å². The van der Waals surface area contributed by atoms with Crippen LogP contribution in [0.15, 0.2) is 24.3 Å². The maximum atomic E-state index is 13.3. The summed E-state index contributed by atoms with van der Waals surface area (Å²) in [5.41, 5.74) is 2.81. The summed E-state index contributed by atoms with van der Waals surface area (Å²) in [6.07, 6.45) is 0. The molecule has 19 heavy (non-hydrogen) atoms. The molecule has 0 unspecified atom stereocenters. The van der Waals surface area contributed by atoms with Gasteiger partial charge in [-0.2, -0.15) is 5.10 Å². The number of anilines is 1. The summed E-state index contributed by atoms with van der Waals surface area (Å²) in [7, 11) is 0. The normalized spacial score (nSPS) is 15.8. The van der Waals surface area contributed by atoms with E-state index < -0.39 is 0 Å². The van der Waals surface area contributed by atoms with Gasteiger partial charge in [-0.3, -0.25) is 5.10 Å². The van der Waals surface area contributed by atoms with E-state index in [1.165, 1.54) is 12.1 Å². The van der Waals surface area contributed by atoms with Crippen LogP contribution in [-0.4, -0.2) is 36.4 Å². The van der Waals surface area contributed by atoms with Crippen LogP contribution in [-0.2, 0) is 0 Å². The van der Waals surface area contributed by atoms with Crippen LogP contribution in [0.25, 0.3) is 11.3 Å². The Bertz CT molecular complexity index is 573. The van der Waals surface area contributed by atoms with Gasteiger partial charge in [-0.1, -0.05) is 12.1 Å². The van der Waals surface area contributed by atoms with E-state index in [1.54, 1.807) is 6.07 Å². The highest BCUT2D eigenvalue weighted by Crippen LogP contribution is 2.28. The highest BCUT2D eigenvalue weighted by Gasteiger charge is 2.18. The fraction of sp³-hybridized carbons (Fsp3) is 0.357. The maximum Gasteiger partial charge on any atom is 0.154 e. The first-order chi connectivity index (χ1) is 9.25. The van der Waals surface area contributed by atoms with Gasteiger partial charge >= 0.3 is 0 Å². The topological polar surface area (TPSA) is 44.0 Å². The zero-order chi connectivity index (χ0) is 13.2. The van der Waals surface area contributed by atoms with Gasteiger partial charge in [0.2, 0.25) is 0 Å². The van der Waals surface area contributed by atoms with Crippen molar-refractivity contribution in [3.63, 3.8) is 0 Å². The van der Waals surface area contributed by atoms with Crippen molar-refractivity contribution < 1.29 is 4.39 Å². The number of hydrogen-bond acceptors (Lipinski definition) is 3. The van der Waals surface area contributed by atoms with Gasteiger partial charge in [0.25, 0.3) is 0 Å². The molecular formula is C14H17FN4. The Morgan fingerprint density at radius 3 is 2.79 bits per heavy atom. The van der Waals surface area contributed by atoms with Gasteiger partial charge in [0.15, 0.2) is 5.82 Å². The first-order valence-corrected chi connectivity index (χ1v) is 6.52. The van der Waals surface area contributed by atoms with Crippen LogP contribution >= 0.6 is 0 Å². The fourth-order valence-corrected chi connectivity index (χ4v) is 2.50. The number of rotatable bonds is 2. The lowest BCUT2D eigenvalue weighted by Gasteiger charge is -2.27. The van der Waals surface area contributed by atoms with Crippen molar-refractivity contribution >= 4 is 5.82 Å². The third-order valence-corrected chi connectivity index (χ3v) is 3.51. The molecule has 0 bridgehead atoms. The van der Waals surface area contributed by atoms with Crippen molar-refractivity contribution in [1.82, 2.24) is 15.5 Å². The lowest BCUT2D eigenvalue weighted by Crippen LogP contribution is -2.43. The Balaban J connectivity index is 1.94. The molecule has 0 radical (unpaired) electrons. The molecular weight excluding hydrogens is 243 g/mol. The molecule has 1 aliphatic rings. The third kappa shape index (κ3) is 2.33. The minimum Gasteiger partial charge on any atom is -0.352 e. The largest absolute Gasteiger partial charge is 0.352 e. The Labute approximate surface area is 111 Å². The number of aromatic amines is 1. The average molecular weight is 260 g/mol. The van der Waals surface area contributed by atoms with E-state index >= 15 is 0 Å². The second kappa shape index (κ2) is 5.01. The molecule has 1 fully saturated rings. The van der Waals surface area contributed by atoms with E-state index in [0.717, 1.165) is 48.8 Å². The number of nitrogens with zero attached hydrogens (tertiary/aromatic N) is 2. The summed E-state index contributed by atoms with van der Waals surface area (Å²) >= 11 is 0. The van der Waals surface area contributed by atoms with Gasteiger partial charge in [0, 0.05) is 37.3 Å². The van der Waals surface area contributed by atoms with Gasteiger partial charge in [-0.25, -0.2) is 4.39 Å². The summed E-state index contributed by atoms with van der Waals surface area (Å²) in [4.78, 5) is 2.26. The molecule has 100 valence electrons. The standard InChI is InChI=1S/C14H17FN4/c1-10-13(11-3-2-4-12(15)9-11)17-18-14(10)19-7-5-16-6-8-19/h2-4,9,16H,5-8H2,1H3,(H,17,18). The van der Waals surface area contributed by atoms with E-state index in [1.807, 2.05) is 13.0 Å². The van der Waals surface area contributed by atoms with Crippen molar-refractivity contribution in [1.29, 1.82) is 0 Å². The molecule has 1 aromatic heterocycles. The summed E-state index contributed by atoms with van der Waals surface area (Å²) in [6, 6.07) is 6.59. The minimum atomic E-state index is -0.227. The van der Waals surface area contributed by atoms with Gasteiger partial charge < -0.3 is 10.2 Å². The van der Waals surface area contributed by atoms with E-state index in [0.29, 0.717) is 0 Å². The van der Waals surface area contributed by atoms with Gasteiger partial charge in [0.1, 0.15) is 5.82 Å². The molecule has 0 saturated carbocycles. The number of H-pyrrole nitrogens is 1. The summed E-state index contributed by atoms with van der Waals surface area (Å²) in [6.45, 7) is 5.88. The van der Waals surface area contributed by atoms with E-state index in [2.05, 4.69) is 20.4 Å². The average Bonchev–Trinajstić information content (AvgIpc) is 2.81. The first-order valence-electron chi connectivity index (χ1n) is 6.52. The SMILES string of the molecule is Cc1c(N2CCNCC2)n[nH]c1-c1cccc(F)c1. The number of hydrogen-bond donors (Lipinski definition) is 2. The molecule has 0 spiro atoms. The molecule has 4 nitrogen and oxygen atoms in total. The number of piperazine rings is 1. The fourth-order valence-electron chi connectivity index (χ4n) is 2.50. The molecule has 1 aromatic carbocycles. The van der Waals surface area contributed by atoms with E-state index in [9.17, 15) is 4.39 Å². The highest BCUT2D eigenvalue weighted by molar-refractivity contribution is 5.69. The van der Waals surface area contributed by atoms with Crippen LogP contribution in [0.2, 0.25) is 0 Å². The Morgan fingerprint density at radius 2 is 2.05 bits per heavy atom. The molecule has 2 aromatic rings. The molecule has 2 heterocycles. The van der Waals surface area contributed by atoms with Crippen LogP contribution in [0.1, 0.15) is 5.56 Å². The quantitative estimate of drug-likeness (QED) is 0.867. The molecule has 1 aliphatic heterocycles. The first kappa shape index (κ1) is 12.2. The van der Waals surface area contributed by atoms with E-state index in [-0.39, 0.29) is 5.82 Å². The summed E-state index contributed by atoms with van der Waals surface area (Å²) in [5.74, 6) is 0.746. The van der Waals surface area contributed by atoms with Crippen molar-refractivity contribution in [3.8, 4) is 11.3 Å². The monoisotopic (exact) mass is 260 g/mol. The predicted molar refractivity (Wildman–Crippen MR) is 73.8 cm³/mol. The van der Waals surface area contributed by atoms with Crippen molar-refractivity contribution in [3.05, 3.63) is 35.6 Å². The zero-order valence-electron chi connectivity index (χ0n) is 10.9. The second-order valence-electron chi connectivity index (χ2n) is 4.79. The van der Waals surface area contributed by atoms with E-state index in [4.69, 9.17) is 0 Å². The third-order valence-electron chi connectivity index (χ3n) is 3.51. The molecule has 5 heteroatoms. The van der Waals surface area contributed by atoms with Gasteiger partial charge in [0.05, 0.1) is 5.69 Å². The van der Waals surface area contributed by atoms with Gasteiger partial charge in [-0.15, -0.1) is 0 Å². The number of aromatic nitrogens is 2.